The Morgan fingerprint density at radius 1 is 0.930 bits per heavy atom. The van der Waals surface area contributed by atoms with E-state index in [1.807, 2.05) is 0 Å². The molecule has 4 aliphatic carbocycles. The van der Waals surface area contributed by atoms with Crippen molar-refractivity contribution in [3.05, 3.63) is 41.5 Å². The minimum Gasteiger partial charge on any atom is -0.462 e. The van der Waals surface area contributed by atoms with Crippen LogP contribution in [-0.4, -0.2) is 23.1 Å². The third-order valence-electron chi connectivity index (χ3n) is 12.4. The normalized spacial score (nSPS) is 34.0. The number of ether oxygens (including phenoxy) is 2. The first-order valence-electron chi connectivity index (χ1n) is 17.3. The van der Waals surface area contributed by atoms with Crippen molar-refractivity contribution < 1.29 is 24.2 Å². The highest BCUT2D eigenvalue weighted by Crippen LogP contribution is 2.67. The molecule has 0 aromatic heterocycles. The van der Waals surface area contributed by atoms with Crippen molar-refractivity contribution in [1.82, 2.24) is 0 Å². The van der Waals surface area contributed by atoms with Crippen LogP contribution >= 0.6 is 0 Å². The minimum absolute atomic E-state index is 0.00500. The summed E-state index contributed by atoms with van der Waals surface area (Å²) in [5, 5.41) is 9.16. The van der Waals surface area contributed by atoms with Gasteiger partial charge in [-0.2, -0.15) is 0 Å². The van der Waals surface area contributed by atoms with E-state index in [0.29, 0.717) is 11.2 Å². The van der Waals surface area contributed by atoms with E-state index >= 15 is 0 Å². The molecule has 8 atom stereocenters. The molecule has 3 fully saturated rings. The van der Waals surface area contributed by atoms with E-state index in [-0.39, 0.29) is 36.9 Å². The third kappa shape index (κ3) is 6.92. The molecule has 0 aliphatic heterocycles. The summed E-state index contributed by atoms with van der Waals surface area (Å²) in [7, 11) is 0. The average molecular weight is 593 g/mol. The van der Waals surface area contributed by atoms with Crippen molar-refractivity contribution in [2.75, 3.05) is 0 Å². The predicted molar refractivity (Wildman–Crippen MR) is 170 cm³/mol. The van der Waals surface area contributed by atoms with Crippen molar-refractivity contribution >= 4 is 11.9 Å². The molecule has 4 aliphatic rings. The highest BCUT2D eigenvalue weighted by atomic mass is 16.5. The van der Waals surface area contributed by atoms with Crippen LogP contribution in [0.3, 0.4) is 0 Å². The Hall–Kier alpha value is -2.14. The fourth-order valence-electron chi connectivity index (χ4n) is 10.0. The fraction of sp³-hybridized carbons (Fsp3) is 0.737. The van der Waals surface area contributed by atoms with E-state index < -0.39 is 5.97 Å². The number of rotatable bonds is 11. The highest BCUT2D eigenvalue weighted by Gasteiger charge is 2.59. The van der Waals surface area contributed by atoms with Crippen LogP contribution in [0.4, 0.5) is 0 Å². The zero-order valence-electron chi connectivity index (χ0n) is 27.4. The number of benzene rings is 1. The van der Waals surface area contributed by atoms with Crippen LogP contribution in [0, 0.1) is 46.3 Å². The van der Waals surface area contributed by atoms with Gasteiger partial charge in [-0.3, -0.25) is 9.59 Å². The summed E-state index contributed by atoms with van der Waals surface area (Å²) < 4.78 is 11.2. The van der Waals surface area contributed by atoms with Gasteiger partial charge >= 0.3 is 11.9 Å². The molecule has 0 bridgehead atoms. The van der Waals surface area contributed by atoms with Crippen LogP contribution in [0.1, 0.15) is 124 Å². The van der Waals surface area contributed by atoms with Gasteiger partial charge < -0.3 is 14.6 Å². The molecule has 43 heavy (non-hydrogen) atoms. The first kappa shape index (κ1) is 32.3. The number of hydrogen-bond acceptors (Lipinski definition) is 5. The summed E-state index contributed by atoms with van der Waals surface area (Å²) in [4.78, 5) is 25.0. The Morgan fingerprint density at radius 2 is 1.67 bits per heavy atom. The van der Waals surface area contributed by atoms with E-state index in [2.05, 4.69) is 40.7 Å². The molecule has 0 saturated heterocycles. The van der Waals surface area contributed by atoms with Gasteiger partial charge in [-0.25, -0.2) is 0 Å². The van der Waals surface area contributed by atoms with Crippen LogP contribution < -0.4 is 4.74 Å². The van der Waals surface area contributed by atoms with Crippen LogP contribution in [0.25, 0.3) is 0 Å². The van der Waals surface area contributed by atoms with Gasteiger partial charge in [-0.05, 0) is 109 Å². The fourth-order valence-corrected chi connectivity index (χ4v) is 10.0. The maximum Gasteiger partial charge on any atom is 0.311 e. The first-order valence-corrected chi connectivity index (χ1v) is 17.3. The lowest BCUT2D eigenvalue weighted by Crippen LogP contribution is -2.51. The number of carbonyl (C=O) groups is 2. The van der Waals surface area contributed by atoms with E-state index in [0.717, 1.165) is 60.3 Å². The zero-order chi connectivity index (χ0) is 30.8. The van der Waals surface area contributed by atoms with Crippen LogP contribution in [0.15, 0.2) is 35.9 Å². The lowest BCUT2D eigenvalue weighted by molar-refractivity contribution is -0.153. The number of esters is 2. The standard InChI is InChI=1S/C38H56O5/c1-25(2)7-6-8-26(3)32-15-16-33-31-14-11-28-23-30(19-21-37(28,4)34(31)20-22-38(32,33)5)43-36(41)18-17-35(40)42-29-12-9-27(24-39)10-13-29/h9-13,25-26,30-34,39H,6-8,14-24H2,1-5H3/t26-,30+,31+,32-,33+,34?,37+,38-/m1/s1. The molecular formula is C38H56O5. The molecule has 1 unspecified atom stereocenters. The predicted octanol–water partition coefficient (Wildman–Crippen LogP) is 8.82. The molecule has 0 radical (unpaired) electrons. The van der Waals surface area contributed by atoms with Gasteiger partial charge in [0, 0.05) is 6.42 Å². The van der Waals surface area contributed by atoms with Gasteiger partial charge in [0.2, 0.25) is 0 Å². The number of carbonyl (C=O) groups excluding carboxylic acids is 2. The smallest absolute Gasteiger partial charge is 0.311 e. The molecule has 1 N–H and O–H groups in total. The van der Waals surface area contributed by atoms with Crippen LogP contribution in [-0.2, 0) is 20.9 Å². The van der Waals surface area contributed by atoms with Crippen molar-refractivity contribution in [3.8, 4) is 5.75 Å². The van der Waals surface area contributed by atoms with Crippen molar-refractivity contribution in [1.29, 1.82) is 0 Å². The average Bonchev–Trinajstić information content (AvgIpc) is 3.34. The van der Waals surface area contributed by atoms with Crippen molar-refractivity contribution in [2.24, 2.45) is 46.3 Å². The Morgan fingerprint density at radius 3 is 2.40 bits per heavy atom. The summed E-state index contributed by atoms with van der Waals surface area (Å²) in [5.41, 5.74) is 2.99. The minimum atomic E-state index is -0.450. The van der Waals surface area contributed by atoms with E-state index in [4.69, 9.17) is 14.6 Å². The summed E-state index contributed by atoms with van der Waals surface area (Å²) >= 11 is 0. The molecule has 1 aromatic rings. The van der Waals surface area contributed by atoms with Gasteiger partial charge in [0.15, 0.2) is 0 Å². The molecule has 0 spiro atoms. The largest absolute Gasteiger partial charge is 0.462 e. The SMILES string of the molecule is CC(C)CCC[C@@H](C)[C@H]1CC[C@H]2[C@@H]3CC=C4C[C@@H](OC(=O)CCC(=O)Oc5ccc(CO)cc5)CC[C@]4(C)C3CC[C@]12C. The number of fused-ring (bicyclic) bond motifs is 5. The second-order valence-electron chi connectivity index (χ2n) is 15.4. The summed E-state index contributed by atoms with van der Waals surface area (Å²) in [6.45, 7) is 12.4. The molecule has 0 amide bonds. The molecular weight excluding hydrogens is 536 g/mol. The molecule has 238 valence electrons. The molecule has 5 heteroatoms. The molecule has 1 aromatic carbocycles. The van der Waals surface area contributed by atoms with E-state index in [9.17, 15) is 9.59 Å². The number of aliphatic hydroxyl groups is 1. The molecule has 5 nitrogen and oxygen atoms in total. The van der Waals surface area contributed by atoms with Gasteiger partial charge in [-0.1, -0.05) is 77.7 Å². The van der Waals surface area contributed by atoms with Gasteiger partial charge in [0.1, 0.15) is 11.9 Å². The first-order chi connectivity index (χ1) is 20.5. The second-order valence-corrected chi connectivity index (χ2v) is 15.4. The maximum atomic E-state index is 12.7. The number of aliphatic hydroxyl groups excluding tert-OH is 1. The van der Waals surface area contributed by atoms with Gasteiger partial charge in [0.25, 0.3) is 0 Å². The molecule has 0 heterocycles. The third-order valence-corrected chi connectivity index (χ3v) is 12.4. The Balaban J connectivity index is 1.13. The quantitative estimate of drug-likeness (QED) is 0.158. The summed E-state index contributed by atoms with van der Waals surface area (Å²) in [6.07, 6.45) is 16.2. The van der Waals surface area contributed by atoms with Crippen LogP contribution in [0.5, 0.6) is 5.75 Å². The Bertz CT molecular complexity index is 1150. The van der Waals surface area contributed by atoms with Crippen molar-refractivity contribution in [3.63, 3.8) is 0 Å². The van der Waals surface area contributed by atoms with Gasteiger partial charge in [-0.15, -0.1) is 0 Å². The summed E-state index contributed by atoms with van der Waals surface area (Å²) in [5.74, 6) is 4.56. The molecule has 5 rings (SSSR count). The zero-order valence-corrected chi connectivity index (χ0v) is 27.4. The maximum absolute atomic E-state index is 12.7. The molecule has 3 saturated carbocycles. The van der Waals surface area contributed by atoms with Gasteiger partial charge in [0.05, 0.1) is 19.4 Å². The topological polar surface area (TPSA) is 72.8 Å². The van der Waals surface area contributed by atoms with Crippen LogP contribution in [0.2, 0.25) is 0 Å². The summed E-state index contributed by atoms with van der Waals surface area (Å²) in [6, 6.07) is 6.72. The lowest BCUT2D eigenvalue weighted by atomic mass is 9.47. The Labute approximate surface area is 260 Å². The highest BCUT2D eigenvalue weighted by molar-refractivity contribution is 5.79. The van der Waals surface area contributed by atoms with E-state index in [1.165, 1.54) is 56.9 Å². The number of hydrogen-bond donors (Lipinski definition) is 1. The van der Waals surface area contributed by atoms with Crippen molar-refractivity contribution in [2.45, 2.75) is 131 Å². The second kappa shape index (κ2) is 13.5. The monoisotopic (exact) mass is 592 g/mol. The number of allylic oxidation sites excluding steroid dienone is 1. The Kier molecular flexibility index (Phi) is 10.1. The van der Waals surface area contributed by atoms with E-state index in [1.54, 1.807) is 24.3 Å². The lowest BCUT2D eigenvalue weighted by Gasteiger charge is -2.58.